The maximum atomic E-state index is 12.5. The third-order valence-corrected chi connectivity index (χ3v) is 1.40. The van der Waals surface area contributed by atoms with Crippen molar-refractivity contribution in [2.24, 2.45) is 0 Å². The number of rotatable bonds is 1. The first-order valence-electron chi connectivity index (χ1n) is 2.46. The van der Waals surface area contributed by atoms with Crippen LogP contribution in [-0.2, 0) is 0 Å². The van der Waals surface area contributed by atoms with Gasteiger partial charge in [0, 0.05) is 16.1 Å². The van der Waals surface area contributed by atoms with Gasteiger partial charge in [-0.25, -0.2) is 4.39 Å². The lowest BCUT2D eigenvalue weighted by Crippen LogP contribution is -1.82. The van der Waals surface area contributed by atoms with Crippen molar-refractivity contribution in [1.82, 2.24) is 0 Å². The van der Waals surface area contributed by atoms with Gasteiger partial charge in [-0.3, -0.25) is 0 Å². The lowest BCUT2D eigenvalue weighted by molar-refractivity contribution is 0.633. The van der Waals surface area contributed by atoms with Gasteiger partial charge < -0.3 is 4.34 Å². The molecule has 3 heteroatoms. The highest BCUT2D eigenvalue weighted by Crippen LogP contribution is 2.12. The molecule has 0 amide bonds. The van der Waals surface area contributed by atoms with Gasteiger partial charge in [0.2, 0.25) is 0 Å². The second kappa shape index (κ2) is 2.82. The zero-order valence-electron chi connectivity index (χ0n) is 4.57. The van der Waals surface area contributed by atoms with Crippen molar-refractivity contribution in [1.29, 1.82) is 0 Å². The molecule has 0 bridgehead atoms. The van der Waals surface area contributed by atoms with E-state index in [2.05, 4.69) is 20.5 Å². The zero-order valence-corrected chi connectivity index (χ0v) is 6.15. The molecule has 0 aliphatic rings. The first-order chi connectivity index (χ1) is 4.34. The summed E-state index contributed by atoms with van der Waals surface area (Å²) >= 11 is 2.92. The van der Waals surface area contributed by atoms with Crippen molar-refractivity contribution in [2.45, 2.75) is 0 Å². The molecule has 0 heterocycles. The van der Waals surface area contributed by atoms with Crippen molar-refractivity contribution in [3.63, 3.8) is 0 Å². The molecule has 1 nitrogen and oxygen atoms in total. The van der Waals surface area contributed by atoms with Gasteiger partial charge in [-0.1, -0.05) is 12.1 Å². The van der Waals surface area contributed by atoms with E-state index < -0.39 is 0 Å². The Morgan fingerprint density at radius 3 is 2.44 bits per heavy atom. The smallest absolute Gasteiger partial charge is 0.147 e. The van der Waals surface area contributed by atoms with E-state index in [1.807, 2.05) is 0 Å². The molecule has 48 valence electrons. The van der Waals surface area contributed by atoms with E-state index in [9.17, 15) is 4.39 Å². The number of anilines is 1. The minimum Gasteiger partial charge on any atom is -0.320 e. The van der Waals surface area contributed by atoms with Crippen LogP contribution in [0.15, 0.2) is 24.3 Å². The largest absolute Gasteiger partial charge is 0.320 e. The molecule has 0 saturated heterocycles. The summed E-state index contributed by atoms with van der Waals surface area (Å²) in [5.41, 5.74) is 0.456. The van der Waals surface area contributed by atoms with Gasteiger partial charge in [0.05, 0.1) is 5.69 Å². The van der Waals surface area contributed by atoms with Gasteiger partial charge in [0.25, 0.3) is 0 Å². The lowest BCUT2D eigenvalue weighted by Gasteiger charge is -1.96. The molecule has 0 fully saturated rings. The number of halogens is 2. The summed E-state index contributed by atoms with van der Waals surface area (Å²) in [6, 6.07) is 6.43. The molecule has 0 atom stereocenters. The predicted octanol–water partition coefficient (Wildman–Crippen LogP) is 2.55. The molecule has 1 rings (SSSR count). The first-order valence-corrected chi connectivity index (χ1v) is 3.25. The Balaban J connectivity index is 3.01. The minimum atomic E-state index is -0.255. The third kappa shape index (κ3) is 1.42. The van der Waals surface area contributed by atoms with Crippen LogP contribution in [-0.4, -0.2) is 0 Å². The van der Waals surface area contributed by atoms with Crippen LogP contribution in [0, 0.1) is 5.82 Å². The monoisotopic (exact) mass is 189 g/mol. The van der Waals surface area contributed by atoms with Crippen LogP contribution in [0.1, 0.15) is 0 Å². The second-order valence-electron chi connectivity index (χ2n) is 1.57. The number of hydrogen-bond donors (Lipinski definition) is 1. The van der Waals surface area contributed by atoms with Gasteiger partial charge >= 0.3 is 0 Å². The summed E-state index contributed by atoms with van der Waals surface area (Å²) in [7, 11) is 0. The fourth-order valence-corrected chi connectivity index (χ4v) is 0.859. The maximum absolute atomic E-state index is 12.5. The van der Waals surface area contributed by atoms with E-state index in [0.717, 1.165) is 0 Å². The van der Waals surface area contributed by atoms with Gasteiger partial charge in [-0.05, 0) is 12.1 Å². The quantitative estimate of drug-likeness (QED) is 0.671. The third-order valence-electron chi connectivity index (χ3n) is 0.976. The minimum absolute atomic E-state index is 0.255. The predicted molar refractivity (Wildman–Crippen MR) is 38.9 cm³/mol. The highest BCUT2D eigenvalue weighted by atomic mass is 79.9. The van der Waals surface area contributed by atoms with Crippen LogP contribution in [0.4, 0.5) is 10.1 Å². The molecular formula is C6H5BrFN. The summed E-state index contributed by atoms with van der Waals surface area (Å²) in [6.45, 7) is 0. The Labute approximate surface area is 61.2 Å². The number of benzene rings is 1. The van der Waals surface area contributed by atoms with E-state index in [0.29, 0.717) is 5.69 Å². The summed E-state index contributed by atoms with van der Waals surface area (Å²) in [5.74, 6) is -0.255. The van der Waals surface area contributed by atoms with Crippen LogP contribution in [0.2, 0.25) is 0 Å². The van der Waals surface area contributed by atoms with E-state index in [4.69, 9.17) is 0 Å². The molecule has 0 radical (unpaired) electrons. The molecule has 9 heavy (non-hydrogen) atoms. The molecule has 0 saturated carbocycles. The zero-order chi connectivity index (χ0) is 6.69. The second-order valence-corrected chi connectivity index (χ2v) is 1.97. The summed E-state index contributed by atoms with van der Waals surface area (Å²) < 4.78 is 15.0. The van der Waals surface area contributed by atoms with Gasteiger partial charge in [-0.2, -0.15) is 0 Å². The van der Waals surface area contributed by atoms with Crippen molar-refractivity contribution in [3.8, 4) is 0 Å². The fourth-order valence-electron chi connectivity index (χ4n) is 0.538. The highest BCUT2D eigenvalue weighted by Gasteiger charge is 1.94. The van der Waals surface area contributed by atoms with E-state index in [-0.39, 0.29) is 5.82 Å². The number of nitrogens with one attached hydrogen (secondary N) is 1. The average molecular weight is 190 g/mol. The normalized spacial score (nSPS) is 9.11. The Morgan fingerprint density at radius 1 is 1.33 bits per heavy atom. The van der Waals surface area contributed by atoms with Crippen LogP contribution < -0.4 is 4.34 Å². The topological polar surface area (TPSA) is 12.0 Å². The van der Waals surface area contributed by atoms with Crippen LogP contribution >= 0.6 is 16.1 Å². The van der Waals surface area contributed by atoms with Crippen molar-refractivity contribution in [3.05, 3.63) is 30.1 Å². The highest BCUT2D eigenvalue weighted by molar-refractivity contribution is 9.10. The van der Waals surface area contributed by atoms with Gasteiger partial charge in [0.1, 0.15) is 5.82 Å². The molecule has 1 N–H and O–H groups in total. The molecule has 0 unspecified atom stereocenters. The SMILES string of the molecule is Fc1ccccc1NBr. The van der Waals surface area contributed by atoms with Crippen LogP contribution in [0.25, 0.3) is 0 Å². The molecule has 1 aromatic carbocycles. The van der Waals surface area contributed by atoms with Crippen molar-refractivity contribution in [2.75, 3.05) is 4.34 Å². The summed E-state index contributed by atoms with van der Waals surface area (Å²) in [4.78, 5) is 0. The van der Waals surface area contributed by atoms with E-state index in [1.54, 1.807) is 18.2 Å². The Morgan fingerprint density at radius 2 is 2.00 bits per heavy atom. The van der Waals surface area contributed by atoms with E-state index >= 15 is 0 Å². The Hall–Kier alpha value is -0.570. The fraction of sp³-hybridized carbons (Fsp3) is 0. The molecule has 0 aromatic heterocycles. The van der Waals surface area contributed by atoms with Crippen LogP contribution in [0.3, 0.4) is 0 Å². The first kappa shape index (κ1) is 6.55. The average Bonchev–Trinajstić information content (AvgIpc) is 1.89. The standard InChI is InChI=1S/C6H5BrFN/c7-9-6-4-2-1-3-5(6)8/h1-4,9H. The van der Waals surface area contributed by atoms with Crippen molar-refractivity contribution < 1.29 is 4.39 Å². The number of hydrogen-bond acceptors (Lipinski definition) is 1. The van der Waals surface area contributed by atoms with Crippen molar-refractivity contribution >= 4 is 21.8 Å². The Bertz CT molecular complexity index is 202. The molecular weight excluding hydrogens is 185 g/mol. The van der Waals surface area contributed by atoms with Gasteiger partial charge in [-0.15, -0.1) is 0 Å². The van der Waals surface area contributed by atoms with E-state index in [1.165, 1.54) is 6.07 Å². The van der Waals surface area contributed by atoms with Crippen LogP contribution in [0.5, 0.6) is 0 Å². The summed E-state index contributed by atoms with van der Waals surface area (Å²) in [6.07, 6.45) is 0. The molecule has 1 aromatic rings. The molecule has 0 spiro atoms. The lowest BCUT2D eigenvalue weighted by atomic mass is 10.3. The maximum Gasteiger partial charge on any atom is 0.147 e. The number of para-hydroxylation sites is 1. The van der Waals surface area contributed by atoms with Gasteiger partial charge in [0.15, 0.2) is 0 Å². The molecule has 0 aliphatic heterocycles. The summed E-state index contributed by atoms with van der Waals surface area (Å²) in [5, 5.41) is 0. The molecule has 0 aliphatic carbocycles. The Kier molecular flexibility index (Phi) is 2.05.